The molecule has 0 saturated carbocycles. The number of hydrogen-bond acceptors (Lipinski definition) is 4. The Morgan fingerprint density at radius 1 is 1.21 bits per heavy atom. The molecule has 2 atom stereocenters. The van der Waals surface area contributed by atoms with E-state index in [4.69, 9.17) is 9.05 Å². The van der Waals surface area contributed by atoms with Crippen molar-refractivity contribution < 1.29 is 18.8 Å². The van der Waals surface area contributed by atoms with Gasteiger partial charge in [-0.05, 0) is 13.8 Å². The van der Waals surface area contributed by atoms with E-state index in [1.807, 2.05) is 18.2 Å². The van der Waals surface area contributed by atoms with Crippen LogP contribution in [0.4, 0.5) is 5.69 Å². The van der Waals surface area contributed by atoms with Crippen LogP contribution in [0.15, 0.2) is 30.3 Å². The van der Waals surface area contributed by atoms with E-state index in [1.165, 1.54) is 0 Å². The van der Waals surface area contributed by atoms with Gasteiger partial charge in [-0.25, -0.2) is 5.21 Å². The van der Waals surface area contributed by atoms with Crippen LogP contribution in [0.25, 0.3) is 0 Å². The van der Waals surface area contributed by atoms with E-state index in [0.717, 1.165) is 0 Å². The van der Waals surface area contributed by atoms with Crippen LogP contribution >= 0.6 is 7.60 Å². The molecule has 0 radical (unpaired) electrons. The van der Waals surface area contributed by atoms with Gasteiger partial charge in [0.05, 0.1) is 13.2 Å². The lowest BCUT2D eigenvalue weighted by molar-refractivity contribution is -0.0708. The first kappa shape index (κ1) is 16.3. The SMILES string of the molecule is CCOP(=O)(OCC)C(C)[N+](C)(O)c1ccccc1. The lowest BCUT2D eigenvalue weighted by atomic mass is 10.3. The van der Waals surface area contributed by atoms with Gasteiger partial charge in [-0.15, -0.1) is 4.65 Å². The first-order valence-electron chi connectivity index (χ1n) is 6.41. The Labute approximate surface area is 114 Å². The molecule has 0 aliphatic carbocycles. The highest BCUT2D eigenvalue weighted by molar-refractivity contribution is 7.54. The van der Waals surface area contributed by atoms with E-state index in [-0.39, 0.29) is 13.2 Å². The maximum atomic E-state index is 12.7. The molecular formula is C13H23NO4P+. The average molecular weight is 288 g/mol. The Morgan fingerprint density at radius 3 is 2.11 bits per heavy atom. The first-order chi connectivity index (χ1) is 8.88. The highest BCUT2D eigenvalue weighted by Crippen LogP contribution is 2.55. The molecule has 0 aliphatic heterocycles. The smallest absolute Gasteiger partial charge is 0.305 e. The van der Waals surface area contributed by atoms with Gasteiger partial charge in [-0.2, -0.15) is 0 Å². The number of rotatable bonds is 7. The third-order valence-corrected chi connectivity index (χ3v) is 5.68. The van der Waals surface area contributed by atoms with E-state index < -0.39 is 18.0 Å². The fraction of sp³-hybridized carbons (Fsp3) is 0.538. The van der Waals surface area contributed by atoms with E-state index in [9.17, 15) is 9.77 Å². The molecule has 2 unspecified atom stereocenters. The summed E-state index contributed by atoms with van der Waals surface area (Å²) in [7, 11) is -1.80. The number of hydrogen-bond donors (Lipinski definition) is 1. The minimum Gasteiger partial charge on any atom is -0.305 e. The van der Waals surface area contributed by atoms with Gasteiger partial charge in [-0.1, -0.05) is 18.2 Å². The standard InChI is InChI=1S/C13H23NO4P/c1-5-17-19(16,18-6-2)12(3)14(4,15)13-10-8-7-9-11-13/h7-12,15H,5-6H2,1-4H3/q+1. The number of benzene rings is 1. The molecule has 0 amide bonds. The zero-order chi connectivity index (χ0) is 14.5. The zero-order valence-corrected chi connectivity index (χ0v) is 12.8. The van der Waals surface area contributed by atoms with Gasteiger partial charge in [0.25, 0.3) is 0 Å². The van der Waals surface area contributed by atoms with Gasteiger partial charge >= 0.3 is 7.60 Å². The molecule has 0 spiro atoms. The molecule has 0 heterocycles. The summed E-state index contributed by atoms with van der Waals surface area (Å²) in [6.45, 7) is 5.72. The first-order valence-corrected chi connectivity index (χ1v) is 8.03. The van der Waals surface area contributed by atoms with Crippen LogP contribution in [-0.4, -0.2) is 31.3 Å². The summed E-state index contributed by atoms with van der Waals surface area (Å²) in [6, 6.07) is 9.05. The Kier molecular flexibility index (Phi) is 5.71. The average Bonchev–Trinajstić information content (AvgIpc) is 2.39. The zero-order valence-electron chi connectivity index (χ0n) is 11.9. The fourth-order valence-corrected chi connectivity index (χ4v) is 3.74. The van der Waals surface area contributed by atoms with Gasteiger partial charge in [0, 0.05) is 19.1 Å². The summed E-state index contributed by atoms with van der Waals surface area (Å²) in [5.41, 5.74) is 0.634. The summed E-state index contributed by atoms with van der Waals surface area (Å²) in [6.07, 6.45) is 0. The van der Waals surface area contributed by atoms with Crippen LogP contribution in [0.3, 0.4) is 0 Å². The molecule has 1 aromatic rings. The number of hydroxylamine groups is 2. The van der Waals surface area contributed by atoms with Crippen molar-refractivity contribution in [1.29, 1.82) is 0 Å². The highest BCUT2D eigenvalue weighted by Gasteiger charge is 2.47. The summed E-state index contributed by atoms with van der Waals surface area (Å²) < 4.78 is 22.8. The molecule has 1 aromatic carbocycles. The third kappa shape index (κ3) is 3.65. The topological polar surface area (TPSA) is 55.8 Å². The van der Waals surface area contributed by atoms with Crippen molar-refractivity contribution in [2.45, 2.75) is 26.6 Å². The van der Waals surface area contributed by atoms with Gasteiger partial charge in [-0.3, -0.25) is 4.57 Å². The summed E-state index contributed by atoms with van der Waals surface area (Å²) in [4.78, 5) is 0. The fourth-order valence-electron chi connectivity index (χ4n) is 1.83. The number of nitrogens with zero attached hydrogens (tertiary/aromatic N) is 1. The van der Waals surface area contributed by atoms with Crippen molar-refractivity contribution in [3.8, 4) is 0 Å². The second-order valence-electron chi connectivity index (χ2n) is 4.37. The molecule has 1 N–H and O–H groups in total. The molecule has 19 heavy (non-hydrogen) atoms. The lowest BCUT2D eigenvalue weighted by Crippen LogP contribution is -2.49. The van der Waals surface area contributed by atoms with Gasteiger partial charge in [0.1, 0.15) is 7.05 Å². The largest absolute Gasteiger partial charge is 0.390 e. The van der Waals surface area contributed by atoms with Crippen molar-refractivity contribution in [3.63, 3.8) is 0 Å². The van der Waals surface area contributed by atoms with E-state index >= 15 is 0 Å². The number of para-hydroxylation sites is 1. The van der Waals surface area contributed by atoms with Crippen LogP contribution in [0.2, 0.25) is 0 Å². The minimum absolute atomic E-state index is 0.274. The van der Waals surface area contributed by atoms with Crippen LogP contribution in [0, 0.1) is 0 Å². The predicted molar refractivity (Wildman–Crippen MR) is 76.3 cm³/mol. The van der Waals surface area contributed by atoms with Gasteiger partial charge < -0.3 is 9.05 Å². The van der Waals surface area contributed by atoms with Gasteiger partial charge in [0.2, 0.25) is 5.78 Å². The second kappa shape index (κ2) is 6.64. The van der Waals surface area contributed by atoms with Gasteiger partial charge in [0.15, 0.2) is 5.69 Å². The third-order valence-electron chi connectivity index (χ3n) is 3.08. The van der Waals surface area contributed by atoms with E-state index in [0.29, 0.717) is 5.69 Å². The molecule has 0 aliphatic rings. The normalized spacial score (nSPS) is 16.9. The molecule has 0 bridgehead atoms. The Bertz CT molecular complexity index is 426. The van der Waals surface area contributed by atoms with Crippen molar-refractivity contribution in [1.82, 2.24) is 4.65 Å². The monoisotopic (exact) mass is 288 g/mol. The molecule has 6 heteroatoms. The quantitative estimate of drug-likeness (QED) is 0.473. The lowest BCUT2D eigenvalue weighted by Gasteiger charge is -2.34. The Hall–Kier alpha value is -0.710. The van der Waals surface area contributed by atoms with Crippen LogP contribution < -0.4 is 4.65 Å². The Balaban J connectivity index is 3.08. The molecule has 1 rings (SSSR count). The van der Waals surface area contributed by atoms with Crippen molar-refractivity contribution in [2.24, 2.45) is 0 Å². The maximum absolute atomic E-state index is 12.7. The van der Waals surface area contributed by atoms with E-state index in [2.05, 4.69) is 0 Å². The molecule has 0 saturated heterocycles. The summed E-state index contributed by atoms with van der Waals surface area (Å²) in [5.74, 6) is -0.713. The molecule has 5 nitrogen and oxygen atoms in total. The van der Waals surface area contributed by atoms with Crippen molar-refractivity contribution in [2.75, 3.05) is 20.3 Å². The van der Waals surface area contributed by atoms with Crippen LogP contribution in [-0.2, 0) is 13.6 Å². The molecule has 0 aromatic heterocycles. The summed E-state index contributed by atoms with van der Waals surface area (Å²) in [5, 5.41) is 10.6. The minimum atomic E-state index is -3.38. The van der Waals surface area contributed by atoms with Crippen molar-refractivity contribution in [3.05, 3.63) is 30.3 Å². The van der Waals surface area contributed by atoms with Crippen LogP contribution in [0.1, 0.15) is 20.8 Å². The second-order valence-corrected chi connectivity index (χ2v) is 6.71. The maximum Gasteiger partial charge on any atom is 0.390 e. The Morgan fingerprint density at radius 2 is 1.68 bits per heavy atom. The molecule has 108 valence electrons. The molecule has 0 fully saturated rings. The van der Waals surface area contributed by atoms with Crippen LogP contribution in [0.5, 0.6) is 0 Å². The molecular weight excluding hydrogens is 265 g/mol. The van der Waals surface area contributed by atoms with Crippen molar-refractivity contribution >= 4 is 13.3 Å². The summed E-state index contributed by atoms with van der Waals surface area (Å²) >= 11 is 0. The predicted octanol–water partition coefficient (Wildman–Crippen LogP) is 3.63. The number of quaternary nitrogens is 1. The van der Waals surface area contributed by atoms with E-state index in [1.54, 1.807) is 40.0 Å². The highest BCUT2D eigenvalue weighted by atomic mass is 31.2.